The first-order valence-corrected chi connectivity index (χ1v) is 9.14. The van der Waals surface area contributed by atoms with E-state index in [1.54, 1.807) is 0 Å². The van der Waals surface area contributed by atoms with Gasteiger partial charge in [0, 0.05) is 13.1 Å². The highest BCUT2D eigenvalue weighted by atomic mass is 16.6. The van der Waals surface area contributed by atoms with E-state index in [1.807, 2.05) is 78.0 Å². The van der Waals surface area contributed by atoms with Gasteiger partial charge in [0.15, 0.2) is 0 Å². The molecule has 0 aliphatic carbocycles. The fourth-order valence-corrected chi connectivity index (χ4v) is 2.09. The second-order valence-electron chi connectivity index (χ2n) is 8.22. The number of alkyl carbamates (subject to hydrolysis) is 2. The minimum absolute atomic E-state index is 0.400. The molecule has 27 heavy (non-hydrogen) atoms. The summed E-state index contributed by atoms with van der Waals surface area (Å²) >= 11 is 0. The average molecular weight is 376 g/mol. The van der Waals surface area contributed by atoms with Crippen molar-refractivity contribution in [3.05, 3.63) is 41.5 Å². The zero-order valence-electron chi connectivity index (χ0n) is 17.2. The summed E-state index contributed by atoms with van der Waals surface area (Å²) < 4.78 is 10.4. The van der Waals surface area contributed by atoms with Gasteiger partial charge < -0.3 is 20.1 Å². The Kier molecular flexibility index (Phi) is 8.34. The summed E-state index contributed by atoms with van der Waals surface area (Å²) in [5.41, 5.74) is 1.00. The summed E-state index contributed by atoms with van der Waals surface area (Å²) in [4.78, 5) is 23.3. The predicted molar refractivity (Wildman–Crippen MR) is 107 cm³/mol. The standard InChI is InChI=1S/C21H32N2O4/c1-20(2,3)26-18(24)22-13-8-7-10-16-11-9-12-17(14-16)15-23-19(25)27-21(4,5)6/h7,9-12,14H,8,13,15H2,1-6H3,(H,22,24)(H,23,25). The Balaban J connectivity index is 2.40. The normalized spacial score (nSPS) is 11.9. The molecule has 0 heterocycles. The van der Waals surface area contributed by atoms with Crippen molar-refractivity contribution in [3.8, 4) is 0 Å². The molecule has 6 nitrogen and oxygen atoms in total. The molecule has 0 unspecified atom stereocenters. The summed E-state index contributed by atoms with van der Waals surface area (Å²) in [5.74, 6) is 0. The van der Waals surface area contributed by atoms with Crippen LogP contribution in [0.1, 0.15) is 59.1 Å². The van der Waals surface area contributed by atoms with Crippen molar-refractivity contribution in [1.29, 1.82) is 0 Å². The fraction of sp³-hybridized carbons (Fsp3) is 0.524. The number of hydrogen-bond acceptors (Lipinski definition) is 4. The van der Waals surface area contributed by atoms with Crippen molar-refractivity contribution < 1.29 is 19.1 Å². The molecule has 0 aromatic heterocycles. The molecule has 1 rings (SSSR count). The molecule has 0 spiro atoms. The van der Waals surface area contributed by atoms with E-state index in [9.17, 15) is 9.59 Å². The van der Waals surface area contributed by atoms with Crippen LogP contribution in [0, 0.1) is 0 Å². The van der Waals surface area contributed by atoms with Gasteiger partial charge in [-0.3, -0.25) is 0 Å². The molecule has 0 aliphatic rings. The van der Waals surface area contributed by atoms with Crippen LogP contribution in [0.5, 0.6) is 0 Å². The van der Waals surface area contributed by atoms with Gasteiger partial charge in [-0.05, 0) is 65.2 Å². The van der Waals surface area contributed by atoms with Crippen molar-refractivity contribution in [2.45, 2.75) is 65.7 Å². The third kappa shape index (κ3) is 11.7. The summed E-state index contributed by atoms with van der Waals surface area (Å²) in [7, 11) is 0. The second kappa shape index (κ2) is 10.00. The molecule has 2 N–H and O–H groups in total. The topological polar surface area (TPSA) is 76.7 Å². The molecular formula is C21H32N2O4. The molecule has 0 saturated carbocycles. The van der Waals surface area contributed by atoms with Gasteiger partial charge in [0.05, 0.1) is 0 Å². The third-order valence-corrected chi connectivity index (χ3v) is 3.08. The van der Waals surface area contributed by atoms with Gasteiger partial charge in [0.2, 0.25) is 0 Å². The molecule has 2 amide bonds. The number of carbonyl (C=O) groups excluding carboxylic acids is 2. The summed E-state index contributed by atoms with van der Waals surface area (Å²) in [5, 5.41) is 5.46. The van der Waals surface area contributed by atoms with Gasteiger partial charge in [-0.25, -0.2) is 9.59 Å². The van der Waals surface area contributed by atoms with Crippen LogP contribution in [-0.2, 0) is 16.0 Å². The maximum Gasteiger partial charge on any atom is 0.407 e. The van der Waals surface area contributed by atoms with Gasteiger partial charge in [0.1, 0.15) is 11.2 Å². The zero-order chi connectivity index (χ0) is 20.5. The number of hydrogen-bond donors (Lipinski definition) is 2. The Bertz CT molecular complexity index is 655. The molecular weight excluding hydrogens is 344 g/mol. The molecule has 0 atom stereocenters. The smallest absolute Gasteiger partial charge is 0.407 e. The second-order valence-corrected chi connectivity index (χ2v) is 8.22. The molecule has 0 saturated heterocycles. The van der Waals surface area contributed by atoms with Gasteiger partial charge in [0.25, 0.3) is 0 Å². The first-order chi connectivity index (χ1) is 12.4. The van der Waals surface area contributed by atoms with Crippen molar-refractivity contribution in [2.24, 2.45) is 0 Å². The van der Waals surface area contributed by atoms with Gasteiger partial charge >= 0.3 is 12.2 Å². The Morgan fingerprint density at radius 1 is 0.963 bits per heavy atom. The van der Waals surface area contributed by atoms with Crippen LogP contribution >= 0.6 is 0 Å². The highest BCUT2D eigenvalue weighted by Crippen LogP contribution is 2.10. The lowest BCUT2D eigenvalue weighted by Crippen LogP contribution is -2.32. The van der Waals surface area contributed by atoms with E-state index in [4.69, 9.17) is 9.47 Å². The van der Waals surface area contributed by atoms with Crippen LogP contribution < -0.4 is 10.6 Å². The molecule has 0 radical (unpaired) electrons. The number of amides is 2. The van der Waals surface area contributed by atoms with E-state index >= 15 is 0 Å². The molecule has 0 aliphatic heterocycles. The van der Waals surface area contributed by atoms with Crippen molar-refractivity contribution in [3.63, 3.8) is 0 Å². The first kappa shape index (κ1) is 22.5. The minimum atomic E-state index is -0.512. The number of nitrogens with one attached hydrogen (secondary N) is 2. The van der Waals surface area contributed by atoms with Crippen LogP contribution in [0.15, 0.2) is 30.3 Å². The van der Waals surface area contributed by atoms with Crippen LogP contribution in [0.25, 0.3) is 6.08 Å². The molecule has 0 bridgehead atoms. The number of benzene rings is 1. The number of ether oxygens (including phenoxy) is 2. The van der Waals surface area contributed by atoms with E-state index in [-0.39, 0.29) is 0 Å². The highest BCUT2D eigenvalue weighted by Gasteiger charge is 2.16. The molecule has 1 aromatic rings. The molecule has 6 heteroatoms. The van der Waals surface area contributed by atoms with Crippen LogP contribution in [0.2, 0.25) is 0 Å². The lowest BCUT2D eigenvalue weighted by atomic mass is 10.1. The van der Waals surface area contributed by atoms with Crippen LogP contribution in [-0.4, -0.2) is 29.9 Å². The zero-order valence-corrected chi connectivity index (χ0v) is 17.2. The average Bonchev–Trinajstić information content (AvgIpc) is 2.50. The largest absolute Gasteiger partial charge is 0.444 e. The van der Waals surface area contributed by atoms with Crippen LogP contribution in [0.4, 0.5) is 9.59 Å². The minimum Gasteiger partial charge on any atom is -0.444 e. The maximum absolute atomic E-state index is 11.7. The summed E-state index contributed by atoms with van der Waals surface area (Å²) in [6.45, 7) is 11.9. The van der Waals surface area contributed by atoms with Crippen molar-refractivity contribution in [2.75, 3.05) is 6.54 Å². The quantitative estimate of drug-likeness (QED) is 0.709. The maximum atomic E-state index is 11.7. The summed E-state index contributed by atoms with van der Waals surface area (Å²) in [6, 6.07) is 7.85. The number of carbonyl (C=O) groups is 2. The summed E-state index contributed by atoms with van der Waals surface area (Å²) in [6.07, 6.45) is 3.81. The third-order valence-electron chi connectivity index (χ3n) is 3.08. The lowest BCUT2D eigenvalue weighted by Gasteiger charge is -2.19. The SMILES string of the molecule is CC(C)(C)OC(=O)NCCC=Cc1cccc(CNC(=O)OC(C)(C)C)c1. The van der Waals surface area contributed by atoms with Gasteiger partial charge in [-0.2, -0.15) is 0 Å². The van der Waals surface area contributed by atoms with Crippen LogP contribution in [0.3, 0.4) is 0 Å². The molecule has 150 valence electrons. The first-order valence-electron chi connectivity index (χ1n) is 9.14. The van der Waals surface area contributed by atoms with E-state index < -0.39 is 23.4 Å². The predicted octanol–water partition coefficient (Wildman–Crippen LogP) is 4.64. The Morgan fingerprint density at radius 2 is 1.56 bits per heavy atom. The van der Waals surface area contributed by atoms with E-state index in [1.165, 1.54) is 0 Å². The number of rotatable bonds is 6. The highest BCUT2D eigenvalue weighted by molar-refractivity contribution is 5.68. The van der Waals surface area contributed by atoms with E-state index in [0.29, 0.717) is 19.5 Å². The van der Waals surface area contributed by atoms with E-state index in [0.717, 1.165) is 11.1 Å². The van der Waals surface area contributed by atoms with Gasteiger partial charge in [-0.15, -0.1) is 0 Å². The Labute approximate surface area is 162 Å². The van der Waals surface area contributed by atoms with Crippen molar-refractivity contribution >= 4 is 18.3 Å². The Hall–Kier alpha value is -2.50. The van der Waals surface area contributed by atoms with Gasteiger partial charge in [-0.1, -0.05) is 30.4 Å². The van der Waals surface area contributed by atoms with E-state index in [2.05, 4.69) is 10.6 Å². The molecule has 1 aromatic carbocycles. The van der Waals surface area contributed by atoms with Crippen molar-refractivity contribution in [1.82, 2.24) is 10.6 Å². The lowest BCUT2D eigenvalue weighted by molar-refractivity contribution is 0.0514. The Morgan fingerprint density at radius 3 is 2.15 bits per heavy atom. The molecule has 0 fully saturated rings. The monoisotopic (exact) mass is 376 g/mol. The fourth-order valence-electron chi connectivity index (χ4n) is 2.09.